The predicted octanol–water partition coefficient (Wildman–Crippen LogP) is 4.74. The van der Waals surface area contributed by atoms with E-state index in [1.54, 1.807) is 43.5 Å². The van der Waals surface area contributed by atoms with Crippen molar-refractivity contribution in [2.24, 2.45) is 5.41 Å². The van der Waals surface area contributed by atoms with Gasteiger partial charge in [0.1, 0.15) is 11.9 Å². The highest BCUT2D eigenvalue weighted by atomic mass is 19.4. The van der Waals surface area contributed by atoms with Crippen LogP contribution in [0.3, 0.4) is 0 Å². The van der Waals surface area contributed by atoms with E-state index in [9.17, 15) is 28.2 Å². The lowest BCUT2D eigenvalue weighted by molar-refractivity contribution is -0.198. The number of aromatic nitrogens is 4. The highest BCUT2D eigenvalue weighted by molar-refractivity contribution is 5.74. The Kier molecular flexibility index (Phi) is 8.57. The highest BCUT2D eigenvalue weighted by Crippen LogP contribution is 2.43. The Hall–Kier alpha value is -4.69. The van der Waals surface area contributed by atoms with Gasteiger partial charge in [-0.05, 0) is 85.0 Å². The first-order chi connectivity index (χ1) is 22.3. The van der Waals surface area contributed by atoms with Crippen molar-refractivity contribution in [2.45, 2.75) is 58.0 Å². The van der Waals surface area contributed by atoms with Crippen LogP contribution in [0.2, 0.25) is 0 Å². The fourth-order valence-corrected chi connectivity index (χ4v) is 6.49. The zero-order chi connectivity index (χ0) is 33.5. The average molecular weight is 652 g/mol. The molecule has 47 heavy (non-hydrogen) atoms. The SMILES string of the molecule is Cc1ccn(-c2ccc(-c3ccc(C)c(CO)c3)cc2[C@@H](Oc2cc(N3CCC4(CC3)CNC(C(=O)O)C4)nc(N)n2)C(F)(F)F)n1. The van der Waals surface area contributed by atoms with Gasteiger partial charge in [0.25, 0.3) is 0 Å². The number of aliphatic carboxylic acids is 1. The molecule has 248 valence electrons. The van der Waals surface area contributed by atoms with Gasteiger partial charge in [-0.2, -0.15) is 28.2 Å². The Balaban J connectivity index is 1.34. The third-order valence-corrected chi connectivity index (χ3v) is 9.18. The van der Waals surface area contributed by atoms with Crippen molar-refractivity contribution in [3.05, 3.63) is 77.1 Å². The Labute approximate surface area is 269 Å². The van der Waals surface area contributed by atoms with Gasteiger partial charge in [-0.1, -0.05) is 18.2 Å². The van der Waals surface area contributed by atoms with Crippen molar-refractivity contribution in [2.75, 3.05) is 30.3 Å². The van der Waals surface area contributed by atoms with Gasteiger partial charge in [-0.25, -0.2) is 4.68 Å². The molecule has 2 atom stereocenters. The van der Waals surface area contributed by atoms with Crippen LogP contribution >= 0.6 is 0 Å². The number of rotatable bonds is 8. The second-order valence-corrected chi connectivity index (χ2v) is 12.4. The van der Waals surface area contributed by atoms with Gasteiger partial charge in [0.15, 0.2) is 0 Å². The number of alkyl halides is 3. The minimum absolute atomic E-state index is 0.166. The molecule has 1 unspecified atom stereocenters. The van der Waals surface area contributed by atoms with Gasteiger partial charge in [0.2, 0.25) is 17.9 Å². The topological polar surface area (TPSA) is 152 Å². The summed E-state index contributed by atoms with van der Waals surface area (Å²) >= 11 is 0. The smallest absolute Gasteiger partial charge is 0.429 e. The lowest BCUT2D eigenvalue weighted by Gasteiger charge is -2.39. The van der Waals surface area contributed by atoms with Gasteiger partial charge < -0.3 is 30.9 Å². The van der Waals surface area contributed by atoms with Crippen LogP contribution in [-0.4, -0.2) is 67.8 Å². The number of ether oxygens (including phenoxy) is 1. The first kappa shape index (κ1) is 32.3. The molecule has 2 aromatic carbocycles. The van der Waals surface area contributed by atoms with Crippen molar-refractivity contribution >= 4 is 17.7 Å². The molecule has 6 rings (SSSR count). The maximum Gasteiger partial charge on any atom is 0.429 e. The number of benzene rings is 2. The average Bonchev–Trinajstić information content (AvgIpc) is 3.66. The van der Waals surface area contributed by atoms with Gasteiger partial charge in [-0.3, -0.25) is 4.79 Å². The maximum absolute atomic E-state index is 15.0. The minimum atomic E-state index is -4.87. The van der Waals surface area contributed by atoms with Crippen LogP contribution in [0, 0.1) is 19.3 Å². The molecular weight excluding hydrogens is 615 g/mol. The second-order valence-electron chi connectivity index (χ2n) is 12.4. The fourth-order valence-electron chi connectivity index (χ4n) is 6.49. The van der Waals surface area contributed by atoms with E-state index in [4.69, 9.17) is 10.5 Å². The number of aliphatic hydroxyl groups excluding tert-OH is 1. The number of carboxylic acid groups (broad SMARTS) is 1. The number of carboxylic acids is 1. The molecule has 2 fully saturated rings. The Morgan fingerprint density at radius 2 is 1.83 bits per heavy atom. The summed E-state index contributed by atoms with van der Waals surface area (Å²) < 4.78 is 52.0. The molecule has 4 aromatic rings. The molecule has 5 N–H and O–H groups in total. The van der Waals surface area contributed by atoms with Crippen molar-refractivity contribution in [1.29, 1.82) is 0 Å². The minimum Gasteiger partial charge on any atom is -0.480 e. The van der Waals surface area contributed by atoms with Crippen LogP contribution < -0.4 is 20.7 Å². The maximum atomic E-state index is 15.0. The first-order valence-corrected chi connectivity index (χ1v) is 15.3. The summed E-state index contributed by atoms with van der Waals surface area (Å²) in [4.78, 5) is 21.7. The van der Waals surface area contributed by atoms with Gasteiger partial charge >= 0.3 is 12.1 Å². The number of halogens is 3. The highest BCUT2D eigenvalue weighted by Gasteiger charge is 2.46. The lowest BCUT2D eigenvalue weighted by Crippen LogP contribution is -2.41. The molecule has 0 saturated carbocycles. The molecule has 4 heterocycles. The number of nitrogen functional groups attached to an aromatic ring is 1. The molecule has 0 radical (unpaired) electrons. The van der Waals surface area contributed by atoms with Crippen LogP contribution in [0.15, 0.2) is 54.7 Å². The van der Waals surface area contributed by atoms with E-state index in [1.165, 1.54) is 16.8 Å². The lowest BCUT2D eigenvalue weighted by atomic mass is 9.76. The molecular formula is C33H36F3N7O4. The number of nitrogens with zero attached hydrogens (tertiary/aromatic N) is 5. The number of hydrogen-bond acceptors (Lipinski definition) is 9. The third kappa shape index (κ3) is 6.74. The summed E-state index contributed by atoms with van der Waals surface area (Å²) in [6, 6.07) is 12.5. The summed E-state index contributed by atoms with van der Waals surface area (Å²) in [6.07, 6.45) is -3.84. The summed E-state index contributed by atoms with van der Waals surface area (Å²) in [6.45, 7) is 5.01. The molecule has 11 nitrogen and oxygen atoms in total. The monoisotopic (exact) mass is 651 g/mol. The zero-order valence-electron chi connectivity index (χ0n) is 26.0. The molecule has 2 aliphatic rings. The molecule has 2 saturated heterocycles. The molecule has 0 bridgehead atoms. The van der Waals surface area contributed by atoms with E-state index in [1.807, 2.05) is 17.9 Å². The van der Waals surface area contributed by atoms with Crippen LogP contribution in [0.4, 0.5) is 24.9 Å². The first-order valence-electron chi connectivity index (χ1n) is 15.3. The molecule has 0 amide bonds. The molecule has 2 aromatic heterocycles. The van der Waals surface area contributed by atoms with Crippen LogP contribution in [0.25, 0.3) is 16.8 Å². The molecule has 2 aliphatic heterocycles. The second kappa shape index (κ2) is 12.5. The van der Waals surface area contributed by atoms with E-state index >= 15 is 0 Å². The van der Waals surface area contributed by atoms with E-state index in [0.717, 1.165) is 5.56 Å². The van der Waals surface area contributed by atoms with E-state index < -0.39 is 24.3 Å². The summed E-state index contributed by atoms with van der Waals surface area (Å²) in [7, 11) is 0. The van der Waals surface area contributed by atoms with Crippen molar-refractivity contribution in [3.63, 3.8) is 0 Å². The van der Waals surface area contributed by atoms with E-state index in [0.29, 0.717) is 67.1 Å². The Morgan fingerprint density at radius 3 is 2.47 bits per heavy atom. The Morgan fingerprint density at radius 1 is 1.11 bits per heavy atom. The molecule has 1 spiro atoms. The molecule has 0 aliphatic carbocycles. The normalized spacial score (nSPS) is 18.4. The van der Waals surface area contributed by atoms with E-state index in [2.05, 4.69) is 20.4 Å². The zero-order valence-corrected chi connectivity index (χ0v) is 26.0. The number of nitrogens with one attached hydrogen (secondary N) is 1. The number of anilines is 2. The van der Waals surface area contributed by atoms with Crippen molar-refractivity contribution in [3.8, 4) is 22.7 Å². The number of piperidine rings is 1. The third-order valence-electron chi connectivity index (χ3n) is 9.18. The number of hydrogen-bond donors (Lipinski definition) is 4. The van der Waals surface area contributed by atoms with Crippen LogP contribution in [0.5, 0.6) is 5.88 Å². The number of aliphatic hydroxyl groups is 1. The summed E-state index contributed by atoms with van der Waals surface area (Å²) in [5.74, 6) is -1.12. The summed E-state index contributed by atoms with van der Waals surface area (Å²) in [5, 5.41) is 26.6. The van der Waals surface area contributed by atoms with Crippen molar-refractivity contribution in [1.82, 2.24) is 25.1 Å². The van der Waals surface area contributed by atoms with Gasteiger partial charge in [0, 0.05) is 37.5 Å². The molecule has 14 heteroatoms. The Bertz CT molecular complexity index is 1790. The number of nitrogens with two attached hydrogens (primary N) is 1. The standard InChI is InChI=1S/C33H36F3N7O4/c1-19-3-4-21(13-23(19)17-44)22-5-6-26(43-10-7-20(2)41-43)24(14-22)29(33(34,35)36)47-28-15-27(39-31(37)40-28)42-11-8-32(9-12-42)16-25(30(45)46)38-18-32/h3-7,10,13-15,25,29,38,44H,8-9,11-12,16-18H2,1-2H3,(H,45,46)(H2,37,39,40)/t25?,29-/m1/s1. The van der Waals surface area contributed by atoms with Crippen LogP contribution in [-0.2, 0) is 11.4 Å². The van der Waals surface area contributed by atoms with E-state index in [-0.39, 0.29) is 35.1 Å². The van der Waals surface area contributed by atoms with Crippen LogP contribution in [0.1, 0.15) is 47.8 Å². The number of carbonyl (C=O) groups is 1. The van der Waals surface area contributed by atoms with Gasteiger partial charge in [-0.15, -0.1) is 0 Å². The summed E-state index contributed by atoms with van der Waals surface area (Å²) in [5.41, 5.74) is 9.10. The quantitative estimate of drug-likeness (QED) is 0.210. The predicted molar refractivity (Wildman–Crippen MR) is 168 cm³/mol. The largest absolute Gasteiger partial charge is 0.480 e. The van der Waals surface area contributed by atoms with Gasteiger partial charge in [0.05, 0.1) is 18.0 Å². The van der Waals surface area contributed by atoms with Crippen molar-refractivity contribution < 1.29 is 32.9 Å². The number of aryl methyl sites for hydroxylation is 2. The fraction of sp³-hybridized carbons (Fsp3) is 0.394.